The van der Waals surface area contributed by atoms with E-state index >= 15 is 0 Å². The molecule has 1 amide bonds. The van der Waals surface area contributed by atoms with E-state index in [2.05, 4.69) is 17.4 Å². The van der Waals surface area contributed by atoms with Gasteiger partial charge in [-0.15, -0.1) is 0 Å². The number of ether oxygens (including phenoxy) is 1. The lowest BCUT2D eigenvalue weighted by atomic mass is 9.92. The summed E-state index contributed by atoms with van der Waals surface area (Å²) in [6.45, 7) is 5.86. The maximum atomic E-state index is 12.3. The van der Waals surface area contributed by atoms with Crippen LogP contribution in [0.3, 0.4) is 0 Å². The number of rotatable bonds is 2. The number of amides is 1. The van der Waals surface area contributed by atoms with Crippen LogP contribution in [0.25, 0.3) is 0 Å². The van der Waals surface area contributed by atoms with Gasteiger partial charge in [0, 0.05) is 7.05 Å². The normalized spacial score (nSPS) is 24.4. The van der Waals surface area contributed by atoms with Crippen LogP contribution in [0.5, 0.6) is 5.75 Å². The molecule has 1 N–H and O–H groups in total. The summed E-state index contributed by atoms with van der Waals surface area (Å²) in [5.41, 5.74) is 1.39. The highest BCUT2D eigenvalue weighted by Crippen LogP contribution is 2.38. The third-order valence-corrected chi connectivity index (χ3v) is 4.49. The number of fused-ring (bicyclic) bond motifs is 1. The average molecular weight is 288 g/mol. The smallest absolute Gasteiger partial charge is 0.270 e. The minimum Gasteiger partial charge on any atom is -0.476 e. The number of hydrogen-bond acceptors (Lipinski definition) is 3. The first-order valence-corrected chi connectivity index (χ1v) is 7.78. The molecule has 0 bridgehead atoms. The number of hydrogen-bond donors (Lipinski definition) is 1. The molecule has 3 rings (SSSR count). The van der Waals surface area contributed by atoms with E-state index in [-0.39, 0.29) is 5.91 Å². The zero-order chi connectivity index (χ0) is 15.0. The van der Waals surface area contributed by atoms with E-state index < -0.39 is 5.60 Å². The summed E-state index contributed by atoms with van der Waals surface area (Å²) in [5, 5.41) is 3.45. The van der Waals surface area contributed by atoms with Crippen molar-refractivity contribution in [2.45, 2.75) is 38.7 Å². The van der Waals surface area contributed by atoms with Crippen molar-refractivity contribution in [3.05, 3.63) is 23.8 Å². The molecule has 0 aliphatic carbocycles. The molecule has 114 valence electrons. The van der Waals surface area contributed by atoms with Gasteiger partial charge in [0.15, 0.2) is 5.60 Å². The van der Waals surface area contributed by atoms with Crippen LogP contribution in [0, 0.1) is 5.92 Å². The van der Waals surface area contributed by atoms with Crippen LogP contribution in [0.1, 0.15) is 32.3 Å². The molecule has 2 aliphatic rings. The molecule has 4 heteroatoms. The minimum atomic E-state index is -0.781. The Kier molecular flexibility index (Phi) is 3.66. The molecular formula is C17H24N2O2. The van der Waals surface area contributed by atoms with Crippen LogP contribution in [0.2, 0.25) is 0 Å². The predicted molar refractivity (Wildman–Crippen MR) is 83.9 cm³/mol. The number of nitrogens with one attached hydrogen (secondary N) is 1. The van der Waals surface area contributed by atoms with Crippen molar-refractivity contribution in [2.24, 2.45) is 5.92 Å². The molecule has 2 aliphatic heterocycles. The fraction of sp³-hybridized carbons (Fsp3) is 0.588. The van der Waals surface area contributed by atoms with Gasteiger partial charge in [-0.05, 0) is 69.8 Å². The topological polar surface area (TPSA) is 41.6 Å². The van der Waals surface area contributed by atoms with Crippen LogP contribution >= 0.6 is 0 Å². The molecule has 0 aromatic heterocycles. The van der Waals surface area contributed by atoms with Crippen LogP contribution in [0.15, 0.2) is 18.2 Å². The molecule has 1 unspecified atom stereocenters. The monoisotopic (exact) mass is 288 g/mol. The third kappa shape index (κ3) is 2.77. The van der Waals surface area contributed by atoms with Gasteiger partial charge in [0.05, 0.1) is 5.69 Å². The standard InChI is InChI=1S/C17H24N2O2/c1-17(2)16(20)19(3)14-10-12(6-7-15(14)21-17)9-13-5-4-8-18-11-13/h6-7,10,13,18H,4-5,8-9,11H2,1-3H3. The lowest BCUT2D eigenvalue weighted by Gasteiger charge is -2.37. The number of carbonyl (C=O) groups excluding carboxylic acids is 1. The highest BCUT2D eigenvalue weighted by Gasteiger charge is 2.39. The van der Waals surface area contributed by atoms with Gasteiger partial charge < -0.3 is 15.0 Å². The number of anilines is 1. The molecule has 1 aromatic carbocycles. The molecule has 0 spiro atoms. The highest BCUT2D eigenvalue weighted by molar-refractivity contribution is 6.01. The van der Waals surface area contributed by atoms with E-state index in [9.17, 15) is 4.79 Å². The minimum absolute atomic E-state index is 0.00600. The second kappa shape index (κ2) is 5.34. The first-order chi connectivity index (χ1) is 9.97. The maximum absolute atomic E-state index is 12.3. The lowest BCUT2D eigenvalue weighted by Crippen LogP contribution is -2.50. The third-order valence-electron chi connectivity index (χ3n) is 4.49. The summed E-state index contributed by atoms with van der Waals surface area (Å²) < 4.78 is 5.84. The first-order valence-electron chi connectivity index (χ1n) is 7.78. The van der Waals surface area contributed by atoms with Crippen molar-refractivity contribution in [2.75, 3.05) is 25.0 Å². The number of likely N-dealkylation sites (N-methyl/N-ethyl adjacent to an activating group) is 1. The molecular weight excluding hydrogens is 264 g/mol. The predicted octanol–water partition coefficient (Wildman–Crippen LogP) is 2.36. The lowest BCUT2D eigenvalue weighted by molar-refractivity contribution is -0.132. The van der Waals surface area contributed by atoms with Crippen molar-refractivity contribution in [3.63, 3.8) is 0 Å². The molecule has 1 aromatic rings. The summed E-state index contributed by atoms with van der Waals surface area (Å²) in [7, 11) is 1.83. The molecule has 21 heavy (non-hydrogen) atoms. The van der Waals surface area contributed by atoms with Gasteiger partial charge in [0.2, 0.25) is 0 Å². The average Bonchev–Trinajstić information content (AvgIpc) is 2.47. The van der Waals surface area contributed by atoms with E-state index in [0.29, 0.717) is 5.92 Å². The molecule has 1 saturated heterocycles. The number of carbonyl (C=O) groups is 1. The fourth-order valence-corrected chi connectivity index (χ4v) is 3.30. The molecule has 4 nitrogen and oxygen atoms in total. The largest absolute Gasteiger partial charge is 0.476 e. The Morgan fingerprint density at radius 2 is 2.24 bits per heavy atom. The van der Waals surface area contributed by atoms with E-state index in [4.69, 9.17) is 4.74 Å². The number of piperidine rings is 1. The van der Waals surface area contributed by atoms with E-state index in [1.807, 2.05) is 27.0 Å². The quantitative estimate of drug-likeness (QED) is 0.908. The van der Waals surface area contributed by atoms with Crippen LogP contribution in [-0.4, -0.2) is 31.6 Å². The Hall–Kier alpha value is -1.55. The summed E-state index contributed by atoms with van der Waals surface area (Å²) in [6.07, 6.45) is 3.60. The Balaban J connectivity index is 1.82. The molecule has 1 fully saturated rings. The Labute approximate surface area is 126 Å². The van der Waals surface area contributed by atoms with Gasteiger partial charge in [-0.2, -0.15) is 0 Å². The van der Waals surface area contributed by atoms with Crippen molar-refractivity contribution in [1.82, 2.24) is 5.32 Å². The van der Waals surface area contributed by atoms with Crippen molar-refractivity contribution >= 4 is 11.6 Å². The van der Waals surface area contributed by atoms with Crippen molar-refractivity contribution in [1.29, 1.82) is 0 Å². The first kappa shape index (κ1) is 14.4. The summed E-state index contributed by atoms with van der Waals surface area (Å²) >= 11 is 0. The van der Waals surface area contributed by atoms with Gasteiger partial charge >= 0.3 is 0 Å². The van der Waals surface area contributed by atoms with Crippen molar-refractivity contribution in [3.8, 4) is 5.75 Å². The Morgan fingerprint density at radius 1 is 1.43 bits per heavy atom. The number of nitrogens with zero attached hydrogens (tertiary/aromatic N) is 1. The maximum Gasteiger partial charge on any atom is 0.270 e. The van der Waals surface area contributed by atoms with Gasteiger partial charge in [0.25, 0.3) is 5.91 Å². The summed E-state index contributed by atoms with van der Waals surface area (Å²) in [5.74, 6) is 1.50. The fourth-order valence-electron chi connectivity index (χ4n) is 3.30. The van der Waals surface area contributed by atoms with Crippen LogP contribution < -0.4 is 15.0 Å². The second-order valence-corrected chi connectivity index (χ2v) is 6.70. The molecule has 1 atom stereocenters. The Bertz CT molecular complexity index is 548. The second-order valence-electron chi connectivity index (χ2n) is 6.70. The van der Waals surface area contributed by atoms with E-state index in [0.717, 1.165) is 30.9 Å². The van der Waals surface area contributed by atoms with E-state index in [1.54, 1.807) is 4.90 Å². The molecule has 2 heterocycles. The zero-order valence-corrected chi connectivity index (χ0v) is 13.1. The van der Waals surface area contributed by atoms with Crippen molar-refractivity contribution < 1.29 is 9.53 Å². The summed E-state index contributed by atoms with van der Waals surface area (Å²) in [4.78, 5) is 14.0. The van der Waals surface area contributed by atoms with E-state index in [1.165, 1.54) is 18.4 Å². The van der Waals surface area contributed by atoms with Gasteiger partial charge in [0.1, 0.15) is 5.75 Å². The van der Waals surface area contributed by atoms with Gasteiger partial charge in [-0.3, -0.25) is 4.79 Å². The van der Waals surface area contributed by atoms with Gasteiger partial charge in [-0.1, -0.05) is 6.07 Å². The summed E-state index contributed by atoms with van der Waals surface area (Å²) in [6, 6.07) is 6.25. The van der Waals surface area contributed by atoms with Gasteiger partial charge in [-0.25, -0.2) is 0 Å². The van der Waals surface area contributed by atoms with Crippen LogP contribution in [0.4, 0.5) is 5.69 Å². The SMILES string of the molecule is CN1C(=O)C(C)(C)Oc2ccc(CC3CCCNC3)cc21. The number of benzene rings is 1. The Morgan fingerprint density at radius 3 is 2.95 bits per heavy atom. The zero-order valence-electron chi connectivity index (χ0n) is 13.1. The highest BCUT2D eigenvalue weighted by atomic mass is 16.5. The molecule has 0 radical (unpaired) electrons. The van der Waals surface area contributed by atoms with Crippen LogP contribution in [-0.2, 0) is 11.2 Å². The molecule has 0 saturated carbocycles.